The Morgan fingerprint density at radius 1 is 1.10 bits per heavy atom. The number of nitrogens with one attached hydrogen (secondary N) is 1. The zero-order valence-electron chi connectivity index (χ0n) is 16.1. The molecule has 0 unspecified atom stereocenters. The van der Waals surface area contributed by atoms with E-state index in [-0.39, 0.29) is 30.5 Å². The highest BCUT2D eigenvalue weighted by Crippen LogP contribution is 2.14. The number of ether oxygens (including phenoxy) is 1. The second-order valence-electron chi connectivity index (χ2n) is 5.37. The van der Waals surface area contributed by atoms with E-state index in [2.05, 4.69) is 0 Å². The van der Waals surface area contributed by atoms with Crippen LogP contribution in [0.4, 0.5) is 11.4 Å². The van der Waals surface area contributed by atoms with Crippen molar-refractivity contribution >= 4 is 17.3 Å². The molecule has 0 aliphatic rings. The average molecular weight is 402 g/mol. The van der Waals surface area contributed by atoms with Gasteiger partial charge in [0.2, 0.25) is 0 Å². The molecule has 2 aromatic carbocycles. The summed E-state index contributed by atoms with van der Waals surface area (Å²) in [6, 6.07) is 14.0. The number of benzene rings is 2. The van der Waals surface area contributed by atoms with Crippen LogP contribution in [0.5, 0.6) is 0 Å². The third kappa shape index (κ3) is 11.5. The largest absolute Gasteiger partial charge is 0.477 e. The Kier molecular flexibility index (Phi) is 12.4. The molecular formula is C19H22N4O6. The average Bonchev–Trinajstić information content (AvgIpc) is 2.73. The summed E-state index contributed by atoms with van der Waals surface area (Å²) in [5.41, 5.74) is 1.29. The van der Waals surface area contributed by atoms with Gasteiger partial charge in [0.25, 0.3) is 11.4 Å². The number of nitro groups is 2. The Morgan fingerprint density at radius 2 is 1.55 bits per heavy atom. The lowest BCUT2D eigenvalue weighted by atomic mass is 10.2. The van der Waals surface area contributed by atoms with Gasteiger partial charge in [-0.15, -0.1) is 0 Å². The molecule has 0 atom stereocenters. The van der Waals surface area contributed by atoms with Crippen molar-refractivity contribution in [1.82, 2.24) is 0 Å². The van der Waals surface area contributed by atoms with E-state index in [4.69, 9.17) is 20.5 Å². The molecule has 0 aliphatic heterocycles. The van der Waals surface area contributed by atoms with E-state index in [1.54, 1.807) is 24.3 Å². The highest BCUT2D eigenvalue weighted by molar-refractivity contribution is 5.69. The normalized spacial score (nSPS) is 8.90. The summed E-state index contributed by atoms with van der Waals surface area (Å²) in [5.74, 6) is 0.0940. The summed E-state index contributed by atoms with van der Waals surface area (Å²) in [7, 11) is 0. The van der Waals surface area contributed by atoms with E-state index in [9.17, 15) is 20.2 Å². The van der Waals surface area contributed by atoms with Crippen LogP contribution in [0, 0.1) is 37.0 Å². The van der Waals surface area contributed by atoms with Crippen LogP contribution in [0.1, 0.15) is 31.4 Å². The van der Waals surface area contributed by atoms with Crippen molar-refractivity contribution in [2.24, 2.45) is 0 Å². The molecule has 0 bridgehead atoms. The maximum absolute atomic E-state index is 10.4. The molecule has 0 spiro atoms. The fourth-order valence-electron chi connectivity index (χ4n) is 1.72. The standard InChI is InChI=1S/C9H10N2O3.C7H7NO3.C3H5N/c1-7(10)14-6-8-3-2-4-9(5-8)11(12)13;9-5-6-2-1-3-7(4-6)8(10)11;1-2-3-4/h2-5,10H,6H2,1H3;1-4,9H,5H2;2H2,1H3. The molecular weight excluding hydrogens is 380 g/mol. The molecule has 0 radical (unpaired) electrons. The molecule has 0 fully saturated rings. The lowest BCUT2D eigenvalue weighted by molar-refractivity contribution is -0.385. The summed E-state index contributed by atoms with van der Waals surface area (Å²) in [6.45, 7) is 3.36. The SMILES string of the molecule is CC(=N)OCc1cccc([N+](=O)[O-])c1.CCC#N.O=[N+]([O-])c1cccc(CO)c1. The zero-order chi connectivity index (χ0) is 22.2. The van der Waals surface area contributed by atoms with Crippen LogP contribution in [0.2, 0.25) is 0 Å². The highest BCUT2D eigenvalue weighted by atomic mass is 16.6. The predicted molar refractivity (Wildman–Crippen MR) is 106 cm³/mol. The molecule has 2 rings (SSSR count). The molecule has 0 amide bonds. The van der Waals surface area contributed by atoms with E-state index >= 15 is 0 Å². The lowest BCUT2D eigenvalue weighted by Gasteiger charge is -2.02. The molecule has 0 aliphatic carbocycles. The fourth-order valence-corrected chi connectivity index (χ4v) is 1.72. The van der Waals surface area contributed by atoms with Gasteiger partial charge >= 0.3 is 0 Å². The first kappa shape index (κ1) is 25.2. The maximum atomic E-state index is 10.4. The van der Waals surface area contributed by atoms with Crippen LogP contribution in [0.25, 0.3) is 0 Å². The second kappa shape index (κ2) is 14.2. The topological polar surface area (TPSA) is 163 Å². The lowest BCUT2D eigenvalue weighted by Crippen LogP contribution is -1.98. The summed E-state index contributed by atoms with van der Waals surface area (Å²) in [6.07, 6.45) is 0.625. The van der Waals surface area contributed by atoms with Crippen LogP contribution in [0.15, 0.2) is 48.5 Å². The Hall–Kier alpha value is -3.84. The van der Waals surface area contributed by atoms with Gasteiger partial charge in [0.05, 0.1) is 22.5 Å². The summed E-state index contributed by atoms with van der Waals surface area (Å²) in [4.78, 5) is 19.7. The monoisotopic (exact) mass is 402 g/mol. The van der Waals surface area contributed by atoms with Crippen LogP contribution in [-0.4, -0.2) is 20.9 Å². The Morgan fingerprint density at radius 3 is 1.93 bits per heavy atom. The molecule has 0 saturated carbocycles. The van der Waals surface area contributed by atoms with Crippen molar-refractivity contribution in [3.05, 3.63) is 79.9 Å². The van der Waals surface area contributed by atoms with Crippen molar-refractivity contribution in [2.75, 3.05) is 0 Å². The van der Waals surface area contributed by atoms with E-state index in [0.717, 1.165) is 0 Å². The number of hydrogen-bond donors (Lipinski definition) is 2. The van der Waals surface area contributed by atoms with Gasteiger partial charge < -0.3 is 9.84 Å². The maximum Gasteiger partial charge on any atom is 0.269 e. The minimum absolute atomic E-state index is 0.0107. The van der Waals surface area contributed by atoms with Crippen LogP contribution >= 0.6 is 0 Å². The number of nitrogens with zero attached hydrogens (tertiary/aromatic N) is 3. The van der Waals surface area contributed by atoms with E-state index < -0.39 is 9.85 Å². The number of aliphatic hydroxyl groups excluding tert-OH is 1. The molecule has 2 N–H and O–H groups in total. The highest BCUT2D eigenvalue weighted by Gasteiger charge is 2.05. The number of hydrogen-bond acceptors (Lipinski definition) is 8. The molecule has 10 heteroatoms. The van der Waals surface area contributed by atoms with E-state index in [1.807, 2.05) is 13.0 Å². The first-order valence-electron chi connectivity index (χ1n) is 8.37. The zero-order valence-corrected chi connectivity index (χ0v) is 16.1. The van der Waals surface area contributed by atoms with Gasteiger partial charge in [-0.25, -0.2) is 0 Å². The number of non-ortho nitro benzene ring substituents is 2. The van der Waals surface area contributed by atoms with Crippen molar-refractivity contribution in [3.63, 3.8) is 0 Å². The molecule has 0 aromatic heterocycles. The first-order valence-corrected chi connectivity index (χ1v) is 8.37. The third-order valence-corrected chi connectivity index (χ3v) is 3.04. The Labute approximate surface area is 167 Å². The van der Waals surface area contributed by atoms with Crippen LogP contribution in [-0.2, 0) is 18.0 Å². The first-order chi connectivity index (χ1) is 13.7. The van der Waals surface area contributed by atoms with Gasteiger partial charge in [-0.2, -0.15) is 5.26 Å². The van der Waals surface area contributed by atoms with Crippen LogP contribution in [0.3, 0.4) is 0 Å². The molecule has 0 saturated heterocycles. The Bertz CT molecular complexity index is 864. The molecule has 10 nitrogen and oxygen atoms in total. The van der Waals surface area contributed by atoms with Gasteiger partial charge in [-0.3, -0.25) is 25.6 Å². The predicted octanol–water partition coefficient (Wildman–Crippen LogP) is 4.12. The van der Waals surface area contributed by atoms with Gasteiger partial charge in [0.15, 0.2) is 5.90 Å². The number of nitriles is 1. The second-order valence-corrected chi connectivity index (χ2v) is 5.37. The quantitative estimate of drug-likeness (QED) is 0.329. The molecule has 0 heterocycles. The van der Waals surface area contributed by atoms with Crippen LogP contribution < -0.4 is 0 Å². The molecule has 29 heavy (non-hydrogen) atoms. The van der Waals surface area contributed by atoms with Crippen molar-refractivity contribution in [1.29, 1.82) is 10.7 Å². The summed E-state index contributed by atoms with van der Waals surface area (Å²) in [5, 5.41) is 43.9. The summed E-state index contributed by atoms with van der Waals surface area (Å²) >= 11 is 0. The van der Waals surface area contributed by atoms with E-state index in [0.29, 0.717) is 17.5 Å². The molecule has 2 aromatic rings. The third-order valence-electron chi connectivity index (χ3n) is 3.04. The number of nitro benzene ring substituents is 2. The van der Waals surface area contributed by atoms with Crippen molar-refractivity contribution < 1.29 is 19.7 Å². The van der Waals surface area contributed by atoms with Gasteiger partial charge in [-0.05, 0) is 11.1 Å². The minimum Gasteiger partial charge on any atom is -0.477 e. The number of rotatable bonds is 5. The van der Waals surface area contributed by atoms with E-state index in [1.165, 1.54) is 31.2 Å². The smallest absolute Gasteiger partial charge is 0.269 e. The fraction of sp³-hybridized carbons (Fsp3) is 0.263. The van der Waals surface area contributed by atoms with Crippen molar-refractivity contribution in [2.45, 2.75) is 33.5 Å². The van der Waals surface area contributed by atoms with Gasteiger partial charge in [-0.1, -0.05) is 31.2 Å². The number of aliphatic hydroxyl groups is 1. The molecule has 154 valence electrons. The minimum atomic E-state index is -0.487. The summed E-state index contributed by atoms with van der Waals surface area (Å²) < 4.78 is 4.92. The van der Waals surface area contributed by atoms with Gasteiger partial charge in [0, 0.05) is 37.6 Å². The van der Waals surface area contributed by atoms with Gasteiger partial charge in [0.1, 0.15) is 6.61 Å². The van der Waals surface area contributed by atoms with Crippen molar-refractivity contribution in [3.8, 4) is 6.07 Å². The Balaban J connectivity index is 0.000000466.